The Morgan fingerprint density at radius 1 is 0.545 bits per heavy atom. The monoisotopic (exact) mass is 290 g/mol. The van der Waals surface area contributed by atoms with Gasteiger partial charge in [0.05, 0.1) is 0 Å². The van der Waals surface area contributed by atoms with Crippen molar-refractivity contribution in [1.29, 1.82) is 0 Å². The lowest BCUT2D eigenvalue weighted by Crippen LogP contribution is -2.39. The van der Waals surface area contributed by atoms with Crippen molar-refractivity contribution in [2.75, 3.05) is 0 Å². The second-order valence-corrected chi connectivity index (χ2v) is 11.6. The summed E-state index contributed by atoms with van der Waals surface area (Å²) in [6.45, 7) is 0. The van der Waals surface area contributed by atoms with Crippen molar-refractivity contribution in [2.45, 2.75) is 12.8 Å². The van der Waals surface area contributed by atoms with E-state index in [1.54, 1.807) is 19.1 Å². The van der Waals surface area contributed by atoms with Gasteiger partial charge >= 0.3 is 0 Å². The van der Waals surface area contributed by atoms with Crippen molar-refractivity contribution in [3.8, 4) is 0 Å². The van der Waals surface area contributed by atoms with Crippen LogP contribution in [-0.2, 0) is 4.79 Å². The van der Waals surface area contributed by atoms with Crippen LogP contribution in [0.3, 0.4) is 0 Å². The summed E-state index contributed by atoms with van der Waals surface area (Å²) in [4.78, 5) is 12.7. The highest BCUT2D eigenvalue weighted by molar-refractivity contribution is 5.68. The van der Waals surface area contributed by atoms with Gasteiger partial charge in [0.25, 0.3) is 0 Å². The maximum absolute atomic E-state index is 12.7. The van der Waals surface area contributed by atoms with E-state index in [-0.39, 0.29) is 5.41 Å². The Bertz CT molecular complexity index is 683. The molecule has 0 heterocycles. The number of hydrogen-bond acceptors (Lipinski definition) is 1. The Balaban J connectivity index is 1.48. The summed E-state index contributed by atoms with van der Waals surface area (Å²) in [5.41, 5.74) is 0.241. The summed E-state index contributed by atoms with van der Waals surface area (Å²) in [7, 11) is 0. The van der Waals surface area contributed by atoms with Gasteiger partial charge in [-0.1, -0.05) is 0 Å². The number of rotatable bonds is 1. The molecule has 0 amide bonds. The molecule has 10 rings (SSSR count). The van der Waals surface area contributed by atoms with Crippen molar-refractivity contribution < 1.29 is 4.79 Å². The maximum Gasteiger partial charge on any atom is 0.127 e. The first-order valence-electron chi connectivity index (χ1n) is 10.4. The van der Waals surface area contributed by atoms with Crippen molar-refractivity contribution in [1.82, 2.24) is 0 Å². The molecule has 0 N–H and O–H groups in total. The Kier molecular flexibility index (Phi) is 1.00. The standard InChI is InChI=1S/C21H22O/c22-3-21-18-6-1-4-8-5-2-7(18)12-10(5)15-13(8)14-9(4)11(6)19(21)16(14)17(15)20(12)21/h3-20H,1-2H2/t4-,5+,6-,7-,8?,9+,10-,11-,12-,13?,14+,15-,16+,17-,18?,19-,20-,21?/m1/s1. The van der Waals surface area contributed by atoms with Gasteiger partial charge in [0, 0.05) is 5.41 Å². The summed E-state index contributed by atoms with van der Waals surface area (Å²) < 4.78 is 0. The molecule has 112 valence electrons. The quantitative estimate of drug-likeness (QED) is 0.678. The molecule has 10 aliphatic rings. The van der Waals surface area contributed by atoms with Gasteiger partial charge in [-0.05, 0) is 113 Å². The summed E-state index contributed by atoms with van der Waals surface area (Å²) in [6, 6.07) is 0. The van der Waals surface area contributed by atoms with Gasteiger partial charge in [0.15, 0.2) is 0 Å². The van der Waals surface area contributed by atoms with Gasteiger partial charge < -0.3 is 4.79 Å². The van der Waals surface area contributed by atoms with E-state index < -0.39 is 0 Å². The smallest absolute Gasteiger partial charge is 0.127 e. The largest absolute Gasteiger partial charge is 0.303 e. The van der Waals surface area contributed by atoms with Crippen LogP contribution in [0.4, 0.5) is 0 Å². The average Bonchev–Trinajstić information content (AvgIpc) is 3.22. The Labute approximate surface area is 130 Å². The zero-order valence-corrected chi connectivity index (χ0v) is 12.7. The van der Waals surface area contributed by atoms with Gasteiger partial charge in [-0.25, -0.2) is 0 Å². The van der Waals surface area contributed by atoms with E-state index >= 15 is 0 Å². The van der Waals surface area contributed by atoms with E-state index in [1.165, 1.54) is 11.8 Å². The van der Waals surface area contributed by atoms with Crippen molar-refractivity contribution >= 4 is 6.29 Å². The predicted molar refractivity (Wildman–Crippen MR) is 77.1 cm³/mol. The van der Waals surface area contributed by atoms with E-state index in [4.69, 9.17) is 0 Å². The number of aldehydes is 1. The SMILES string of the molecule is O=CC12C3[C@@H]4C[C@@H]5C6C7[C@@H]8[C@@H]5[C@@H]4[C@@H]1[C@@H]8[C@H]1[C@@H]7[C@H]4[C@H]([C@H]12)[C@H]3C[C@@H]64. The van der Waals surface area contributed by atoms with Crippen LogP contribution in [0.1, 0.15) is 12.8 Å². The number of carbonyl (C=O) groups is 1. The molecule has 10 fully saturated rings. The second-order valence-electron chi connectivity index (χ2n) is 11.6. The molecule has 0 saturated heterocycles. The van der Waals surface area contributed by atoms with Crippen LogP contribution in [0.15, 0.2) is 0 Å². The number of fused-ring (bicyclic) bond motifs is 4. The third-order valence-electron chi connectivity index (χ3n) is 13.0. The van der Waals surface area contributed by atoms with Crippen LogP contribution in [0.25, 0.3) is 0 Å². The van der Waals surface area contributed by atoms with Gasteiger partial charge in [0.1, 0.15) is 6.29 Å². The molecule has 0 aromatic heterocycles. The van der Waals surface area contributed by atoms with E-state index in [0.29, 0.717) is 0 Å². The molecule has 0 aliphatic heterocycles. The molecule has 1 heteroatoms. The number of hydrogen-bond donors (Lipinski definition) is 0. The van der Waals surface area contributed by atoms with Crippen molar-refractivity contribution in [2.24, 2.45) is 106 Å². The molecule has 0 aromatic rings. The molecule has 10 saturated carbocycles. The molecule has 4 unspecified atom stereocenters. The fourth-order valence-electron chi connectivity index (χ4n) is 14.6. The van der Waals surface area contributed by atoms with Crippen LogP contribution >= 0.6 is 0 Å². The lowest BCUT2D eigenvalue weighted by Gasteiger charge is -2.39. The third-order valence-corrected chi connectivity index (χ3v) is 13.0. The highest BCUT2D eigenvalue weighted by Gasteiger charge is 2.96. The molecule has 22 heavy (non-hydrogen) atoms. The van der Waals surface area contributed by atoms with Crippen LogP contribution in [0.2, 0.25) is 0 Å². The normalized spacial score (nSPS) is 94.8. The van der Waals surface area contributed by atoms with Crippen LogP contribution < -0.4 is 0 Å². The van der Waals surface area contributed by atoms with Crippen molar-refractivity contribution in [3.05, 3.63) is 0 Å². The molecule has 18 atom stereocenters. The maximum atomic E-state index is 12.7. The van der Waals surface area contributed by atoms with Crippen molar-refractivity contribution in [3.63, 3.8) is 0 Å². The van der Waals surface area contributed by atoms with Gasteiger partial charge in [-0.3, -0.25) is 0 Å². The van der Waals surface area contributed by atoms with E-state index in [9.17, 15) is 4.79 Å². The van der Waals surface area contributed by atoms with E-state index in [2.05, 4.69) is 0 Å². The second kappa shape index (κ2) is 2.25. The highest BCUT2D eigenvalue weighted by atomic mass is 16.1. The fourth-order valence-corrected chi connectivity index (χ4v) is 14.6. The molecule has 10 aliphatic carbocycles. The Hall–Kier alpha value is -0.330. The molecule has 0 aromatic carbocycles. The lowest BCUT2D eigenvalue weighted by molar-refractivity contribution is -0.122. The van der Waals surface area contributed by atoms with E-state index in [1.807, 2.05) is 0 Å². The summed E-state index contributed by atoms with van der Waals surface area (Å²) in [5.74, 6) is 18.2. The van der Waals surface area contributed by atoms with Gasteiger partial charge in [-0.2, -0.15) is 0 Å². The number of carbonyl (C=O) groups excluding carboxylic acids is 1. The fraction of sp³-hybridized carbons (Fsp3) is 0.952. The average molecular weight is 290 g/mol. The summed E-state index contributed by atoms with van der Waals surface area (Å²) >= 11 is 0. The zero-order valence-electron chi connectivity index (χ0n) is 12.7. The molecule has 0 bridgehead atoms. The topological polar surface area (TPSA) is 17.1 Å². The molecular formula is C21H22O. The van der Waals surface area contributed by atoms with E-state index in [0.717, 1.165) is 88.8 Å². The molecule has 1 nitrogen and oxygen atoms in total. The molecule has 0 spiro atoms. The Morgan fingerprint density at radius 2 is 1.09 bits per heavy atom. The molecule has 0 radical (unpaired) electrons. The lowest BCUT2D eigenvalue weighted by atomic mass is 9.64. The predicted octanol–water partition coefficient (Wildman–Crippen LogP) is 2.56. The van der Waals surface area contributed by atoms with Crippen LogP contribution in [0.5, 0.6) is 0 Å². The minimum atomic E-state index is 0.241. The minimum Gasteiger partial charge on any atom is -0.303 e. The highest BCUT2D eigenvalue weighted by Crippen LogP contribution is 2.98. The first-order valence-corrected chi connectivity index (χ1v) is 10.4. The zero-order chi connectivity index (χ0) is 13.4. The third kappa shape index (κ3) is 0.504. The van der Waals surface area contributed by atoms with Gasteiger partial charge in [0.2, 0.25) is 0 Å². The van der Waals surface area contributed by atoms with Gasteiger partial charge in [-0.15, -0.1) is 0 Å². The summed E-state index contributed by atoms with van der Waals surface area (Å²) in [6.07, 6.45) is 4.81. The van der Waals surface area contributed by atoms with Crippen LogP contribution in [0, 0.1) is 106 Å². The molecular weight excluding hydrogens is 268 g/mol. The minimum absolute atomic E-state index is 0.241. The Morgan fingerprint density at radius 3 is 1.64 bits per heavy atom. The first kappa shape index (κ1) is 9.84. The van der Waals surface area contributed by atoms with Crippen LogP contribution in [-0.4, -0.2) is 6.29 Å². The first-order chi connectivity index (χ1) is 10.9. The summed E-state index contributed by atoms with van der Waals surface area (Å²) in [5, 5.41) is 0.